The predicted molar refractivity (Wildman–Crippen MR) is 72.1 cm³/mol. The normalized spacial score (nSPS) is 9.72. The molecule has 0 spiro atoms. The maximum atomic E-state index is 2.17. The van der Waals surface area contributed by atoms with Crippen LogP contribution in [0.2, 0.25) is 0 Å². The summed E-state index contributed by atoms with van der Waals surface area (Å²) in [4.78, 5) is 2.11. The average molecular weight is 354 g/mol. The zero-order valence-corrected chi connectivity index (χ0v) is 13.3. The number of nitrogens with zero attached hydrogens (tertiary/aromatic N) is 2. The van der Waals surface area contributed by atoms with E-state index in [2.05, 4.69) is 79.3 Å². The maximum absolute atomic E-state index is 2.17. The molecule has 0 aliphatic carbocycles. The number of halogens is 1. The number of aryl methyl sites for hydroxylation is 1. The fraction of sp³-hybridized carbons (Fsp3) is 0.267. The number of pyridine rings is 1. The van der Waals surface area contributed by atoms with E-state index in [9.17, 15) is 0 Å². The molecule has 3 heteroatoms. The minimum atomic E-state index is 0. The highest BCUT2D eigenvalue weighted by atomic mass is 127. The molecule has 1 aromatic carbocycles. The van der Waals surface area contributed by atoms with Crippen molar-refractivity contribution in [1.82, 2.24) is 0 Å². The van der Waals surface area contributed by atoms with Crippen LogP contribution in [0.1, 0.15) is 6.92 Å². The lowest BCUT2D eigenvalue weighted by Gasteiger charge is -2.12. The first kappa shape index (κ1) is 15.0. The third-order valence-corrected chi connectivity index (χ3v) is 2.97. The summed E-state index contributed by atoms with van der Waals surface area (Å²) in [6.45, 7) is 3.16. The third kappa shape index (κ3) is 3.45. The summed E-state index contributed by atoms with van der Waals surface area (Å²) in [5, 5.41) is 0. The smallest absolute Gasteiger partial charge is 0.169 e. The second-order valence-corrected chi connectivity index (χ2v) is 4.36. The Labute approximate surface area is 126 Å². The number of anilines is 1. The highest BCUT2D eigenvalue weighted by Crippen LogP contribution is 2.21. The molecule has 2 aromatic rings. The fourth-order valence-electron chi connectivity index (χ4n) is 1.81. The average Bonchev–Trinajstić information content (AvgIpc) is 2.39. The van der Waals surface area contributed by atoms with Gasteiger partial charge in [0.15, 0.2) is 12.4 Å². The van der Waals surface area contributed by atoms with Gasteiger partial charge >= 0.3 is 0 Å². The van der Waals surface area contributed by atoms with Gasteiger partial charge in [0.05, 0.1) is 0 Å². The zero-order chi connectivity index (χ0) is 12.3. The SMILES string of the molecule is CC[n+]1ccc(-c2ccc(N(C)C)cc2)cc1.[I-]. The van der Waals surface area contributed by atoms with Crippen LogP contribution in [0.5, 0.6) is 0 Å². The van der Waals surface area contributed by atoms with Crippen LogP contribution in [-0.4, -0.2) is 14.1 Å². The Bertz CT molecular complexity index is 475. The van der Waals surface area contributed by atoms with Crippen LogP contribution in [0, 0.1) is 0 Å². The molecular formula is C15H19IN2. The van der Waals surface area contributed by atoms with Gasteiger partial charge in [-0.1, -0.05) is 12.1 Å². The second-order valence-electron chi connectivity index (χ2n) is 4.36. The van der Waals surface area contributed by atoms with Gasteiger partial charge in [0.1, 0.15) is 6.54 Å². The number of hydrogen-bond donors (Lipinski definition) is 0. The highest BCUT2D eigenvalue weighted by Gasteiger charge is 2.01. The summed E-state index contributed by atoms with van der Waals surface area (Å²) in [6, 6.07) is 13.0. The quantitative estimate of drug-likeness (QED) is 0.544. The third-order valence-electron chi connectivity index (χ3n) is 2.97. The van der Waals surface area contributed by atoms with E-state index in [1.807, 2.05) is 0 Å². The van der Waals surface area contributed by atoms with Crippen LogP contribution in [0.15, 0.2) is 48.8 Å². The van der Waals surface area contributed by atoms with Gasteiger partial charge in [-0.25, -0.2) is 4.57 Å². The molecular weight excluding hydrogens is 335 g/mol. The van der Waals surface area contributed by atoms with E-state index < -0.39 is 0 Å². The Morgan fingerprint density at radius 1 is 0.889 bits per heavy atom. The van der Waals surface area contributed by atoms with Crippen molar-refractivity contribution in [3.63, 3.8) is 0 Å². The standard InChI is InChI=1S/C15H19N2.HI/c1-4-17-11-9-14(10-12-17)13-5-7-15(8-6-13)16(2)3;/h5-12H,4H2,1-3H3;1H/q+1;/p-1. The minimum Gasteiger partial charge on any atom is -1.00 e. The molecule has 0 aliphatic rings. The van der Waals surface area contributed by atoms with Crippen LogP contribution >= 0.6 is 0 Å². The molecule has 0 radical (unpaired) electrons. The van der Waals surface area contributed by atoms with Crippen LogP contribution in [-0.2, 0) is 6.54 Å². The van der Waals surface area contributed by atoms with E-state index in [1.54, 1.807) is 0 Å². The molecule has 96 valence electrons. The van der Waals surface area contributed by atoms with E-state index in [0.717, 1.165) is 6.54 Å². The molecule has 2 rings (SSSR count). The van der Waals surface area contributed by atoms with E-state index in [1.165, 1.54) is 16.8 Å². The van der Waals surface area contributed by atoms with Crippen LogP contribution < -0.4 is 33.4 Å². The molecule has 0 N–H and O–H groups in total. The lowest BCUT2D eigenvalue weighted by Crippen LogP contribution is -3.00. The van der Waals surface area contributed by atoms with E-state index in [4.69, 9.17) is 0 Å². The molecule has 0 saturated carbocycles. The Balaban J connectivity index is 0.00000162. The van der Waals surface area contributed by atoms with Gasteiger partial charge in [0, 0.05) is 31.9 Å². The van der Waals surface area contributed by atoms with Crippen LogP contribution in [0.3, 0.4) is 0 Å². The fourth-order valence-corrected chi connectivity index (χ4v) is 1.81. The topological polar surface area (TPSA) is 7.12 Å². The minimum absolute atomic E-state index is 0. The number of aromatic nitrogens is 1. The van der Waals surface area contributed by atoms with Crippen molar-refractivity contribution < 1.29 is 28.5 Å². The molecule has 0 amide bonds. The van der Waals surface area contributed by atoms with Crippen molar-refractivity contribution in [2.75, 3.05) is 19.0 Å². The van der Waals surface area contributed by atoms with Crippen molar-refractivity contribution in [2.45, 2.75) is 13.5 Å². The lowest BCUT2D eigenvalue weighted by molar-refractivity contribution is -0.693. The Kier molecular flexibility index (Phi) is 5.59. The molecule has 0 unspecified atom stereocenters. The van der Waals surface area contributed by atoms with Crippen molar-refractivity contribution in [3.05, 3.63) is 48.8 Å². The molecule has 18 heavy (non-hydrogen) atoms. The van der Waals surface area contributed by atoms with Crippen molar-refractivity contribution in [3.8, 4) is 11.1 Å². The second kappa shape index (κ2) is 6.73. The number of hydrogen-bond acceptors (Lipinski definition) is 1. The van der Waals surface area contributed by atoms with Gasteiger partial charge < -0.3 is 28.9 Å². The van der Waals surface area contributed by atoms with E-state index in [-0.39, 0.29) is 24.0 Å². The molecule has 0 atom stereocenters. The van der Waals surface area contributed by atoms with E-state index in [0.29, 0.717) is 0 Å². The monoisotopic (exact) mass is 354 g/mol. The van der Waals surface area contributed by atoms with Gasteiger partial charge in [0.25, 0.3) is 0 Å². The Morgan fingerprint density at radius 2 is 1.39 bits per heavy atom. The molecule has 0 aliphatic heterocycles. The number of benzene rings is 1. The van der Waals surface area contributed by atoms with Gasteiger partial charge in [-0.15, -0.1) is 0 Å². The maximum Gasteiger partial charge on any atom is 0.169 e. The molecule has 0 saturated heterocycles. The van der Waals surface area contributed by atoms with Gasteiger partial charge in [0.2, 0.25) is 0 Å². The predicted octanol–water partition coefficient (Wildman–Crippen LogP) is -0.269. The zero-order valence-electron chi connectivity index (χ0n) is 11.1. The summed E-state index contributed by atoms with van der Waals surface area (Å²) < 4.78 is 2.16. The largest absolute Gasteiger partial charge is 1.00 e. The van der Waals surface area contributed by atoms with E-state index >= 15 is 0 Å². The summed E-state index contributed by atoms with van der Waals surface area (Å²) >= 11 is 0. The molecule has 2 nitrogen and oxygen atoms in total. The Morgan fingerprint density at radius 3 is 1.83 bits per heavy atom. The van der Waals surface area contributed by atoms with Crippen molar-refractivity contribution in [1.29, 1.82) is 0 Å². The van der Waals surface area contributed by atoms with Crippen LogP contribution in [0.4, 0.5) is 5.69 Å². The molecule has 0 fully saturated rings. The molecule has 0 bridgehead atoms. The van der Waals surface area contributed by atoms with Crippen molar-refractivity contribution >= 4 is 5.69 Å². The van der Waals surface area contributed by atoms with Crippen LogP contribution in [0.25, 0.3) is 11.1 Å². The van der Waals surface area contributed by atoms with Crippen molar-refractivity contribution in [2.24, 2.45) is 0 Å². The first-order chi connectivity index (χ1) is 8.20. The summed E-state index contributed by atoms with van der Waals surface area (Å²) in [5.41, 5.74) is 3.76. The first-order valence-corrected chi connectivity index (χ1v) is 5.97. The van der Waals surface area contributed by atoms with Gasteiger partial charge in [-0.05, 0) is 30.2 Å². The lowest BCUT2D eigenvalue weighted by atomic mass is 10.1. The Hall–Kier alpha value is -1.10. The molecule has 1 aromatic heterocycles. The summed E-state index contributed by atoms with van der Waals surface area (Å²) in [6.07, 6.45) is 4.24. The summed E-state index contributed by atoms with van der Waals surface area (Å²) in [7, 11) is 4.11. The van der Waals surface area contributed by atoms with Gasteiger partial charge in [-0.2, -0.15) is 0 Å². The summed E-state index contributed by atoms with van der Waals surface area (Å²) in [5.74, 6) is 0. The number of rotatable bonds is 3. The van der Waals surface area contributed by atoms with Gasteiger partial charge in [-0.3, -0.25) is 0 Å². The molecule has 1 heterocycles. The highest BCUT2D eigenvalue weighted by molar-refractivity contribution is 5.65. The first-order valence-electron chi connectivity index (χ1n) is 5.97.